The monoisotopic (exact) mass is 1040 g/mol. The van der Waals surface area contributed by atoms with E-state index in [0.29, 0.717) is 37.2 Å². The number of amides is 10. The van der Waals surface area contributed by atoms with Gasteiger partial charge in [-0.2, -0.15) is 0 Å². The largest absolute Gasteiger partial charge is 0.494 e. The number of nitrogens with zero attached hydrogens (tertiary/aromatic N) is 1. The Bertz CT molecular complexity index is 2070. The summed E-state index contributed by atoms with van der Waals surface area (Å²) in [7, 11) is 2.25. The highest BCUT2D eigenvalue weighted by atomic mass is 33.1. The zero-order valence-electron chi connectivity index (χ0n) is 40.7. The van der Waals surface area contributed by atoms with E-state index in [9.17, 15) is 52.7 Å². The first kappa shape index (κ1) is 59.2. The molecule has 2 fully saturated rings. The van der Waals surface area contributed by atoms with Gasteiger partial charge in [0.15, 0.2) is 0 Å². The van der Waals surface area contributed by atoms with Gasteiger partial charge in [0.2, 0.25) is 59.1 Å². The van der Waals surface area contributed by atoms with Crippen LogP contribution in [-0.2, 0) is 63.9 Å². The molecule has 24 nitrogen and oxygen atoms in total. The van der Waals surface area contributed by atoms with Gasteiger partial charge in [-0.25, -0.2) is 0 Å². The Morgan fingerprint density at radius 1 is 0.845 bits per heavy atom. The number of hydrogen-bond donors (Lipinski definition) is 10. The summed E-state index contributed by atoms with van der Waals surface area (Å²) in [6.07, 6.45) is -0.987. The standard InChI is InChI=1S/C45H69N11O13S2/c1-6-24(3)37-43(65)55-38(25(4)69-26(5)57)44(66)52-31(21-34(47)58)40(62)53-32(45(67)56-18-9-11-33(56)42(64)51-29(10-8-17-46)39(61)49-22-35(48)59)23-71-70-19-16-36(60)50-30(41(63)54-37)20-27-12-14-28(15-13-27)68-7-2/h12-15,24-25,29-33,37-38H,6-11,16-23,46H2,1-5H3,(H2,47,58)(H2,48,59)(H,49,61)(H,50,60)(H,51,64)(H,52,66)(H,53,62)(H,54,63)(H,55,65)/t24-,25+,29-,30+,31-,32-,33-,37?,38-/m0/s1. The fraction of sp³-hybridized carbons (Fsp3) is 0.622. The van der Waals surface area contributed by atoms with E-state index in [1.807, 2.05) is 6.92 Å². The molecule has 0 aliphatic carbocycles. The number of likely N-dealkylation sites (tertiary alicyclic amines) is 1. The molecule has 0 aromatic heterocycles. The van der Waals surface area contributed by atoms with Crippen LogP contribution in [0.5, 0.6) is 5.75 Å². The second-order valence-electron chi connectivity index (χ2n) is 17.1. The molecule has 10 amide bonds. The number of carbonyl (C=O) groups is 11. The fourth-order valence-electron chi connectivity index (χ4n) is 7.61. The number of primary amides is 2. The van der Waals surface area contributed by atoms with Crippen molar-refractivity contribution in [2.24, 2.45) is 23.1 Å². The number of rotatable bonds is 19. The Balaban J connectivity index is 2.05. The van der Waals surface area contributed by atoms with Crippen LogP contribution in [0, 0.1) is 5.92 Å². The normalized spacial score (nSPS) is 23.2. The number of hydrogen-bond acceptors (Lipinski definition) is 16. The van der Waals surface area contributed by atoms with Gasteiger partial charge in [0.25, 0.3) is 0 Å². The van der Waals surface area contributed by atoms with Gasteiger partial charge in [-0.05, 0) is 69.7 Å². The van der Waals surface area contributed by atoms with Crippen LogP contribution in [0.2, 0.25) is 0 Å². The first-order valence-corrected chi connectivity index (χ1v) is 26.0. The zero-order valence-corrected chi connectivity index (χ0v) is 42.3. The van der Waals surface area contributed by atoms with Crippen molar-refractivity contribution in [1.82, 2.24) is 42.1 Å². The molecular formula is C45H69N11O13S2. The maximum absolute atomic E-state index is 14.5. The molecule has 13 N–H and O–H groups in total. The van der Waals surface area contributed by atoms with Crippen molar-refractivity contribution in [3.05, 3.63) is 29.8 Å². The van der Waals surface area contributed by atoms with Crippen molar-refractivity contribution in [3.8, 4) is 5.75 Å². The smallest absolute Gasteiger partial charge is 0.302 e. The molecule has 2 saturated heterocycles. The molecule has 2 aliphatic heterocycles. The van der Waals surface area contributed by atoms with Gasteiger partial charge < -0.3 is 68.8 Å². The summed E-state index contributed by atoms with van der Waals surface area (Å²) in [5.74, 6) is -9.09. The molecular weight excluding hydrogens is 967 g/mol. The molecule has 1 aromatic rings. The van der Waals surface area contributed by atoms with Crippen molar-refractivity contribution in [1.29, 1.82) is 0 Å². The lowest BCUT2D eigenvalue weighted by molar-refractivity contribution is -0.150. The van der Waals surface area contributed by atoms with E-state index in [2.05, 4.69) is 37.2 Å². The Morgan fingerprint density at radius 3 is 2.13 bits per heavy atom. The van der Waals surface area contributed by atoms with Crippen molar-refractivity contribution in [3.63, 3.8) is 0 Å². The van der Waals surface area contributed by atoms with Gasteiger partial charge in [0, 0.05) is 37.8 Å². The molecule has 0 bridgehead atoms. The molecule has 1 unspecified atom stereocenters. The highest BCUT2D eigenvalue weighted by molar-refractivity contribution is 8.76. The van der Waals surface area contributed by atoms with Gasteiger partial charge in [0.05, 0.1) is 19.6 Å². The van der Waals surface area contributed by atoms with Crippen LogP contribution >= 0.6 is 21.6 Å². The number of nitrogens with two attached hydrogens (primary N) is 3. The molecule has 0 saturated carbocycles. The van der Waals surface area contributed by atoms with Crippen molar-refractivity contribution < 1.29 is 62.2 Å². The predicted molar refractivity (Wildman–Crippen MR) is 262 cm³/mol. The van der Waals surface area contributed by atoms with E-state index in [-0.39, 0.29) is 50.3 Å². The summed E-state index contributed by atoms with van der Waals surface area (Å²) in [6.45, 7) is 7.83. The lowest BCUT2D eigenvalue weighted by Gasteiger charge is -2.32. The molecule has 0 radical (unpaired) electrons. The SMILES string of the molecule is CCOc1ccc(C[C@H]2NC(=O)CCSSC[C@@H](C(=O)N3CCC[C@H]3C(=O)N[C@@H](CCCN)C(=O)NCC(N)=O)NC(=O)[C@H](CC(N)=O)NC(=O)[C@H]([C@@H](C)OC(C)=O)NC(=O)C([C@@H](C)CC)NC2=O)cc1. The summed E-state index contributed by atoms with van der Waals surface area (Å²) >= 11 is 0. The summed E-state index contributed by atoms with van der Waals surface area (Å²) in [5, 5.41) is 18.0. The number of benzene rings is 1. The molecule has 3 rings (SSSR count). The van der Waals surface area contributed by atoms with Gasteiger partial charge in [-0.15, -0.1) is 0 Å². The fourth-order valence-corrected chi connectivity index (χ4v) is 9.76. The van der Waals surface area contributed by atoms with Crippen LogP contribution in [0.3, 0.4) is 0 Å². The topological polar surface area (TPSA) is 372 Å². The summed E-state index contributed by atoms with van der Waals surface area (Å²) < 4.78 is 10.8. The maximum atomic E-state index is 14.5. The first-order valence-electron chi connectivity index (χ1n) is 23.5. The summed E-state index contributed by atoms with van der Waals surface area (Å²) in [5.41, 5.74) is 17.0. The second kappa shape index (κ2) is 29.9. The molecule has 71 heavy (non-hydrogen) atoms. The lowest BCUT2D eigenvalue weighted by Crippen LogP contribution is -2.63. The van der Waals surface area contributed by atoms with Crippen LogP contribution in [0.4, 0.5) is 0 Å². The van der Waals surface area contributed by atoms with E-state index in [1.165, 1.54) is 11.8 Å². The lowest BCUT2D eigenvalue weighted by atomic mass is 9.96. The van der Waals surface area contributed by atoms with Crippen molar-refractivity contribution in [2.45, 2.75) is 134 Å². The number of esters is 1. The van der Waals surface area contributed by atoms with E-state index in [4.69, 9.17) is 26.7 Å². The van der Waals surface area contributed by atoms with E-state index >= 15 is 0 Å². The number of carbonyl (C=O) groups excluding carboxylic acids is 11. The Morgan fingerprint density at radius 2 is 1.51 bits per heavy atom. The maximum Gasteiger partial charge on any atom is 0.302 e. The van der Waals surface area contributed by atoms with Gasteiger partial charge in [-0.1, -0.05) is 54.0 Å². The van der Waals surface area contributed by atoms with Gasteiger partial charge in [-0.3, -0.25) is 52.7 Å². The summed E-state index contributed by atoms with van der Waals surface area (Å²) in [6, 6.07) is -2.79. The zero-order chi connectivity index (χ0) is 52.8. The quantitative estimate of drug-likeness (QED) is 0.0507. The predicted octanol–water partition coefficient (Wildman–Crippen LogP) is -2.47. The third-order valence-corrected chi connectivity index (χ3v) is 13.9. The van der Waals surface area contributed by atoms with E-state index in [0.717, 1.165) is 28.5 Å². The average Bonchev–Trinajstić information content (AvgIpc) is 3.82. The second-order valence-corrected chi connectivity index (χ2v) is 19.7. The van der Waals surface area contributed by atoms with Crippen molar-refractivity contribution >= 4 is 86.6 Å². The highest BCUT2D eigenvalue weighted by Crippen LogP contribution is 2.26. The minimum atomic E-state index is -1.76. The first-order chi connectivity index (χ1) is 33.7. The Kier molecular flexibility index (Phi) is 24.9. The molecule has 1 aromatic carbocycles. The Hall–Kier alpha value is -6.15. The van der Waals surface area contributed by atoms with Crippen LogP contribution in [0.15, 0.2) is 24.3 Å². The molecule has 26 heteroatoms. The molecule has 0 spiro atoms. The summed E-state index contributed by atoms with van der Waals surface area (Å²) in [4.78, 5) is 149. The average molecular weight is 1040 g/mol. The Labute approximate surface area is 420 Å². The highest BCUT2D eigenvalue weighted by Gasteiger charge is 2.41. The molecule has 2 aliphatic rings. The third-order valence-electron chi connectivity index (χ3n) is 11.5. The number of nitrogens with one attached hydrogen (secondary N) is 7. The van der Waals surface area contributed by atoms with E-state index < -0.39 is 132 Å². The third kappa shape index (κ3) is 19.5. The van der Waals surface area contributed by atoms with Gasteiger partial charge >= 0.3 is 5.97 Å². The minimum absolute atomic E-state index is 0.00629. The minimum Gasteiger partial charge on any atom is -0.494 e. The van der Waals surface area contributed by atoms with E-state index in [1.54, 1.807) is 38.1 Å². The molecule has 394 valence electrons. The van der Waals surface area contributed by atoms with Crippen LogP contribution in [-0.4, -0.2) is 156 Å². The van der Waals surface area contributed by atoms with Crippen LogP contribution in [0.25, 0.3) is 0 Å². The van der Waals surface area contributed by atoms with Crippen molar-refractivity contribution in [2.75, 3.05) is 37.7 Å². The molecule has 9 atom stereocenters. The molecule has 2 heterocycles. The van der Waals surface area contributed by atoms with Crippen LogP contribution in [0.1, 0.15) is 85.1 Å². The number of ether oxygens (including phenoxy) is 2. The van der Waals surface area contributed by atoms with Gasteiger partial charge in [0.1, 0.15) is 54.1 Å². The van der Waals surface area contributed by atoms with Crippen LogP contribution < -0.4 is 59.2 Å².